The number of methoxy groups -OCH3 is 1. The lowest BCUT2D eigenvalue weighted by atomic mass is 9.92. The summed E-state index contributed by atoms with van der Waals surface area (Å²) in [5.41, 5.74) is 9.28. The van der Waals surface area contributed by atoms with E-state index in [0.717, 1.165) is 69.0 Å². The van der Waals surface area contributed by atoms with Gasteiger partial charge >= 0.3 is 6.09 Å². The van der Waals surface area contributed by atoms with E-state index in [2.05, 4.69) is 68.8 Å². The Morgan fingerprint density at radius 3 is 2.64 bits per heavy atom. The largest absolute Gasteiger partial charge is 0.488 e. The molecule has 3 N–H and O–H groups in total. The fourth-order valence-electron chi connectivity index (χ4n) is 6.32. The first-order chi connectivity index (χ1) is 21.4. The molecule has 0 bridgehead atoms. The molecular formula is C34H34N6O4. The third-order valence-corrected chi connectivity index (χ3v) is 8.65. The molecular weight excluding hydrogens is 556 g/mol. The number of aromatic amines is 2. The van der Waals surface area contributed by atoms with Gasteiger partial charge in [-0.25, -0.2) is 14.8 Å². The number of nitrogens with one attached hydrogen (secondary N) is 3. The minimum Gasteiger partial charge on any atom is -0.488 e. The predicted octanol–water partition coefficient (Wildman–Crippen LogP) is 6.22. The van der Waals surface area contributed by atoms with Crippen molar-refractivity contribution < 1.29 is 19.1 Å². The van der Waals surface area contributed by atoms with Crippen LogP contribution in [-0.2, 0) is 16.1 Å². The highest BCUT2D eigenvalue weighted by atomic mass is 16.5. The third-order valence-electron chi connectivity index (χ3n) is 8.65. The standard InChI is InChI=1S/C34H34N6O4/c1-19(2)31(39-34(42)43-3)33(41)40-12-4-5-29(40)32-37-26-11-8-20(14-27(26)38-32)21-6-10-25-24-9-7-22(28-16-35-18-36-28)13-23(24)17-44-30(25)15-21/h6-11,13-16,18-19,29,31H,4-5,12,17H2,1-3H3,(H,35,36)(H,37,38)(H,39,42). The molecule has 1 saturated heterocycles. The number of hydrogen-bond donors (Lipinski definition) is 3. The van der Waals surface area contributed by atoms with Crippen molar-refractivity contribution >= 4 is 23.0 Å². The number of benzene rings is 3. The van der Waals surface area contributed by atoms with Gasteiger partial charge in [-0.3, -0.25) is 4.79 Å². The number of carbonyl (C=O) groups excluding carboxylic acids is 2. The van der Waals surface area contributed by atoms with Crippen LogP contribution in [0.4, 0.5) is 4.79 Å². The van der Waals surface area contributed by atoms with Crippen LogP contribution in [0.2, 0.25) is 0 Å². The summed E-state index contributed by atoms with van der Waals surface area (Å²) in [4.78, 5) is 42.9. The molecule has 1 fully saturated rings. The van der Waals surface area contributed by atoms with Gasteiger partial charge in [-0.05, 0) is 70.8 Å². The van der Waals surface area contributed by atoms with Gasteiger partial charge < -0.3 is 29.7 Å². The van der Waals surface area contributed by atoms with Crippen LogP contribution in [0.15, 0.2) is 67.1 Å². The average Bonchev–Trinajstić information content (AvgIpc) is 3.83. The van der Waals surface area contributed by atoms with Crippen molar-refractivity contribution in [2.24, 2.45) is 5.92 Å². The summed E-state index contributed by atoms with van der Waals surface area (Å²) >= 11 is 0. The first-order valence-corrected chi connectivity index (χ1v) is 14.9. The van der Waals surface area contributed by atoms with Crippen molar-refractivity contribution in [2.75, 3.05) is 13.7 Å². The van der Waals surface area contributed by atoms with Crippen molar-refractivity contribution in [3.63, 3.8) is 0 Å². The molecule has 0 aliphatic carbocycles. The number of aromatic nitrogens is 4. The molecule has 10 nitrogen and oxygen atoms in total. The van der Waals surface area contributed by atoms with E-state index in [1.807, 2.05) is 31.0 Å². The second kappa shape index (κ2) is 11.2. The zero-order valence-electron chi connectivity index (χ0n) is 24.9. The number of imidazole rings is 2. The van der Waals surface area contributed by atoms with Gasteiger partial charge in [0.2, 0.25) is 5.91 Å². The van der Waals surface area contributed by atoms with Crippen LogP contribution >= 0.6 is 0 Å². The second-order valence-electron chi connectivity index (χ2n) is 11.7. The van der Waals surface area contributed by atoms with E-state index < -0.39 is 12.1 Å². The highest BCUT2D eigenvalue weighted by Gasteiger charge is 2.37. The van der Waals surface area contributed by atoms with E-state index in [4.69, 9.17) is 14.5 Å². The monoisotopic (exact) mass is 590 g/mol. The lowest BCUT2D eigenvalue weighted by Crippen LogP contribution is -2.51. The molecule has 0 spiro atoms. The van der Waals surface area contributed by atoms with Gasteiger partial charge in [0.25, 0.3) is 0 Å². The maximum absolute atomic E-state index is 13.5. The van der Waals surface area contributed by atoms with E-state index in [1.165, 1.54) is 12.7 Å². The number of ether oxygens (including phenoxy) is 2. The summed E-state index contributed by atoms with van der Waals surface area (Å²) in [6.45, 7) is 4.94. The molecule has 3 aromatic carbocycles. The Hall–Kier alpha value is -5.12. The number of likely N-dealkylation sites (tertiary alicyclic amines) is 1. The molecule has 2 aliphatic rings. The van der Waals surface area contributed by atoms with Gasteiger partial charge in [-0.1, -0.05) is 44.2 Å². The molecule has 2 aliphatic heterocycles. The highest BCUT2D eigenvalue weighted by molar-refractivity contribution is 5.87. The van der Waals surface area contributed by atoms with Crippen LogP contribution in [0, 0.1) is 5.92 Å². The minimum absolute atomic E-state index is 0.0883. The molecule has 2 amide bonds. The molecule has 10 heteroatoms. The van der Waals surface area contributed by atoms with Crippen LogP contribution < -0.4 is 10.1 Å². The maximum Gasteiger partial charge on any atom is 0.407 e. The molecule has 2 unspecified atom stereocenters. The molecule has 44 heavy (non-hydrogen) atoms. The molecule has 2 aromatic heterocycles. The molecule has 224 valence electrons. The van der Waals surface area contributed by atoms with Crippen LogP contribution in [0.25, 0.3) is 44.5 Å². The van der Waals surface area contributed by atoms with Crippen LogP contribution in [0.1, 0.15) is 44.1 Å². The quantitative estimate of drug-likeness (QED) is 0.216. The summed E-state index contributed by atoms with van der Waals surface area (Å²) in [7, 11) is 1.30. The van der Waals surface area contributed by atoms with E-state index in [9.17, 15) is 9.59 Å². The number of nitrogens with zero attached hydrogens (tertiary/aromatic N) is 3. The summed E-state index contributed by atoms with van der Waals surface area (Å²) in [6, 6.07) is 18.1. The summed E-state index contributed by atoms with van der Waals surface area (Å²) in [6.07, 6.45) is 4.56. The first-order valence-electron chi connectivity index (χ1n) is 14.9. The molecule has 0 saturated carbocycles. The van der Waals surface area contributed by atoms with Crippen molar-refractivity contribution in [1.29, 1.82) is 0 Å². The molecule has 4 heterocycles. The zero-order chi connectivity index (χ0) is 30.4. The van der Waals surface area contributed by atoms with Gasteiger partial charge in [0.1, 0.15) is 24.2 Å². The number of fused-ring (bicyclic) bond motifs is 4. The fraction of sp³-hybridized carbons (Fsp3) is 0.294. The van der Waals surface area contributed by atoms with Gasteiger partial charge in [0, 0.05) is 12.1 Å². The van der Waals surface area contributed by atoms with Gasteiger partial charge in [0.15, 0.2) is 0 Å². The lowest BCUT2D eigenvalue weighted by Gasteiger charge is -2.29. The number of alkyl carbamates (subject to hydrolysis) is 1. The van der Waals surface area contributed by atoms with Gasteiger partial charge in [-0.15, -0.1) is 0 Å². The van der Waals surface area contributed by atoms with E-state index in [1.54, 1.807) is 6.33 Å². The number of amides is 2. The van der Waals surface area contributed by atoms with Crippen molar-refractivity contribution in [3.8, 4) is 39.3 Å². The van der Waals surface area contributed by atoms with E-state index in [0.29, 0.717) is 13.2 Å². The number of hydrogen-bond acceptors (Lipinski definition) is 6. The van der Waals surface area contributed by atoms with Crippen LogP contribution in [-0.4, -0.2) is 56.5 Å². The summed E-state index contributed by atoms with van der Waals surface area (Å²) < 4.78 is 11.0. The topological polar surface area (TPSA) is 125 Å². The normalized spacial score (nSPS) is 16.4. The number of H-pyrrole nitrogens is 2. The maximum atomic E-state index is 13.5. The Morgan fingerprint density at radius 1 is 1.05 bits per heavy atom. The van der Waals surface area contributed by atoms with Crippen LogP contribution in [0.5, 0.6) is 5.75 Å². The van der Waals surface area contributed by atoms with Crippen molar-refractivity contribution in [1.82, 2.24) is 30.2 Å². The number of rotatable bonds is 6. The third kappa shape index (κ3) is 4.96. The molecule has 7 rings (SSSR count). The summed E-state index contributed by atoms with van der Waals surface area (Å²) in [5, 5.41) is 2.71. The Balaban J connectivity index is 1.14. The molecule has 5 aromatic rings. The highest BCUT2D eigenvalue weighted by Crippen LogP contribution is 2.41. The predicted molar refractivity (Wildman–Crippen MR) is 167 cm³/mol. The lowest BCUT2D eigenvalue weighted by molar-refractivity contribution is -0.135. The Labute approximate surface area is 254 Å². The fourth-order valence-corrected chi connectivity index (χ4v) is 6.32. The minimum atomic E-state index is -0.671. The van der Waals surface area contributed by atoms with E-state index >= 15 is 0 Å². The molecule has 2 atom stereocenters. The first kappa shape index (κ1) is 27.7. The van der Waals surface area contributed by atoms with Gasteiger partial charge in [-0.2, -0.15) is 0 Å². The summed E-state index contributed by atoms with van der Waals surface area (Å²) in [5.74, 6) is 1.40. The van der Waals surface area contributed by atoms with Crippen molar-refractivity contribution in [3.05, 3.63) is 78.5 Å². The molecule has 0 radical (unpaired) electrons. The Morgan fingerprint density at radius 2 is 1.84 bits per heavy atom. The zero-order valence-corrected chi connectivity index (χ0v) is 24.9. The van der Waals surface area contributed by atoms with E-state index in [-0.39, 0.29) is 17.9 Å². The number of carbonyl (C=O) groups is 2. The smallest absolute Gasteiger partial charge is 0.407 e. The van der Waals surface area contributed by atoms with Crippen LogP contribution in [0.3, 0.4) is 0 Å². The second-order valence-corrected chi connectivity index (χ2v) is 11.7. The SMILES string of the molecule is COC(=O)NC(C(=O)N1CCCC1c1nc2ccc(-c3ccc4c(c3)OCc3cc(-c5cnc[nH]5)ccc3-4)cc2[nH]1)C(C)C. The van der Waals surface area contributed by atoms with Crippen molar-refractivity contribution in [2.45, 2.75) is 45.4 Å². The Bertz CT molecular complexity index is 1860. The van der Waals surface area contributed by atoms with Gasteiger partial charge in [0.05, 0.1) is 42.4 Å². The Kier molecular flexibility index (Phi) is 7.04. The average molecular weight is 591 g/mol.